The average molecular weight is 501 g/mol. The molecule has 0 atom stereocenters. The zero-order valence-corrected chi connectivity index (χ0v) is 23.3. The number of benzene rings is 5. The molecule has 1 aliphatic rings. The third-order valence-electron chi connectivity index (χ3n) is 8.67. The lowest BCUT2D eigenvalue weighted by Gasteiger charge is -2.32. The van der Waals surface area contributed by atoms with Gasteiger partial charge in [-0.05, 0) is 70.3 Å². The van der Waals surface area contributed by atoms with E-state index < -0.39 is 8.07 Å². The summed E-state index contributed by atoms with van der Waals surface area (Å²) in [4.78, 5) is 0. The van der Waals surface area contributed by atoms with Gasteiger partial charge < -0.3 is 9.31 Å². The molecule has 6 rings (SSSR count). The second-order valence-corrected chi connectivity index (χ2v) is 15.4. The van der Waals surface area contributed by atoms with Gasteiger partial charge in [0.1, 0.15) is 8.07 Å². The van der Waals surface area contributed by atoms with Crippen LogP contribution in [0.15, 0.2) is 109 Å². The Hall–Kier alpha value is -3.18. The van der Waals surface area contributed by atoms with Crippen LogP contribution in [0.25, 0.3) is 21.5 Å². The second-order valence-electron chi connectivity index (χ2n) is 11.5. The van der Waals surface area contributed by atoms with E-state index in [1.165, 1.54) is 37.1 Å². The van der Waals surface area contributed by atoms with E-state index in [0.717, 1.165) is 5.46 Å². The molecule has 1 fully saturated rings. The highest BCUT2D eigenvalue weighted by Crippen LogP contribution is 2.36. The van der Waals surface area contributed by atoms with Crippen LogP contribution in [0.4, 0.5) is 0 Å². The van der Waals surface area contributed by atoms with E-state index in [-0.39, 0.29) is 18.3 Å². The Balaban J connectivity index is 1.48. The molecule has 0 N–H and O–H groups in total. The van der Waals surface area contributed by atoms with Gasteiger partial charge in [-0.25, -0.2) is 0 Å². The molecule has 4 heteroatoms. The summed E-state index contributed by atoms with van der Waals surface area (Å²) < 4.78 is 12.7. The third-order valence-corrected chi connectivity index (χ3v) is 13.1. The lowest BCUT2D eigenvalue weighted by atomic mass is 9.79. The lowest BCUT2D eigenvalue weighted by molar-refractivity contribution is 0.00578. The molecule has 5 aromatic carbocycles. The molecule has 0 unspecified atom stereocenters. The normalized spacial score (nSPS) is 16.9. The molecule has 0 bridgehead atoms. The Morgan fingerprint density at radius 1 is 0.514 bits per heavy atom. The van der Waals surface area contributed by atoms with Crippen LogP contribution in [0.5, 0.6) is 0 Å². The molecule has 1 heterocycles. The first-order valence-corrected chi connectivity index (χ1v) is 15.6. The average Bonchev–Trinajstić information content (AvgIpc) is 3.14. The van der Waals surface area contributed by atoms with Crippen molar-refractivity contribution < 1.29 is 9.31 Å². The van der Waals surface area contributed by atoms with Gasteiger partial charge in [0.05, 0.1) is 11.2 Å². The minimum Gasteiger partial charge on any atom is -0.399 e. The first kappa shape index (κ1) is 24.2. The van der Waals surface area contributed by atoms with Gasteiger partial charge in [-0.3, -0.25) is 0 Å². The highest BCUT2D eigenvalue weighted by Gasteiger charge is 2.51. The summed E-state index contributed by atoms with van der Waals surface area (Å²) in [7, 11) is -2.67. The van der Waals surface area contributed by atoms with Gasteiger partial charge in [-0.2, -0.15) is 0 Å². The van der Waals surface area contributed by atoms with Gasteiger partial charge in [-0.1, -0.05) is 116 Å². The monoisotopic (exact) mass is 500 g/mol. The standard InChI is InChI=1S/C33H33BO2Si/c1-32(2)33(3,4)36-34(35-32)28-16-20-29(21-17-28)37(5,30-18-14-24-10-6-8-12-26(24)22-30)31-19-15-25-11-7-9-13-27(25)23-31/h6-23H,1-5H3. The molecule has 0 aromatic heterocycles. The van der Waals surface area contributed by atoms with E-state index in [1.807, 2.05) is 0 Å². The van der Waals surface area contributed by atoms with E-state index in [2.05, 4.69) is 143 Å². The van der Waals surface area contributed by atoms with Gasteiger partial charge in [-0.15, -0.1) is 0 Å². The molecule has 5 aromatic rings. The largest absolute Gasteiger partial charge is 0.494 e. The Bertz CT molecular complexity index is 1510. The maximum Gasteiger partial charge on any atom is 0.494 e. The SMILES string of the molecule is CC1(C)OB(c2ccc([Si](C)(c3ccc4ccccc4c3)c3ccc4ccccc4c3)cc2)OC1(C)C. The molecule has 0 radical (unpaired) electrons. The third kappa shape index (κ3) is 4.04. The van der Waals surface area contributed by atoms with Crippen molar-refractivity contribution in [3.8, 4) is 0 Å². The number of fused-ring (bicyclic) bond motifs is 2. The summed E-state index contributed by atoms with van der Waals surface area (Å²) in [6.45, 7) is 10.9. The van der Waals surface area contributed by atoms with E-state index in [0.29, 0.717) is 0 Å². The first-order chi connectivity index (χ1) is 17.7. The van der Waals surface area contributed by atoms with E-state index in [1.54, 1.807) is 0 Å². The quantitative estimate of drug-likeness (QED) is 0.243. The van der Waals surface area contributed by atoms with Gasteiger partial charge >= 0.3 is 7.12 Å². The van der Waals surface area contributed by atoms with Crippen molar-refractivity contribution in [3.05, 3.63) is 109 Å². The van der Waals surface area contributed by atoms with Gasteiger partial charge in [0.2, 0.25) is 0 Å². The van der Waals surface area contributed by atoms with Crippen molar-refractivity contribution in [2.24, 2.45) is 0 Å². The predicted molar refractivity (Wildman–Crippen MR) is 161 cm³/mol. The highest BCUT2D eigenvalue weighted by molar-refractivity contribution is 7.10. The van der Waals surface area contributed by atoms with Crippen LogP contribution in [-0.2, 0) is 9.31 Å². The van der Waals surface area contributed by atoms with Crippen LogP contribution >= 0.6 is 0 Å². The van der Waals surface area contributed by atoms with Crippen LogP contribution in [0, 0.1) is 0 Å². The maximum absolute atomic E-state index is 6.33. The molecular weight excluding hydrogens is 467 g/mol. The molecule has 0 spiro atoms. The molecule has 1 aliphatic heterocycles. The summed E-state index contributed by atoms with van der Waals surface area (Å²) in [5.74, 6) is 0. The Kier molecular flexibility index (Phi) is 5.68. The molecule has 1 saturated heterocycles. The molecule has 184 valence electrons. The van der Waals surface area contributed by atoms with Gasteiger partial charge in [0.15, 0.2) is 0 Å². The van der Waals surface area contributed by atoms with Crippen molar-refractivity contribution in [3.63, 3.8) is 0 Å². The first-order valence-electron chi connectivity index (χ1n) is 13.1. The second kappa shape index (κ2) is 8.70. The van der Waals surface area contributed by atoms with Crippen LogP contribution in [0.2, 0.25) is 6.55 Å². The highest BCUT2D eigenvalue weighted by atomic mass is 28.3. The summed E-state index contributed by atoms with van der Waals surface area (Å²) in [6, 6.07) is 40.3. The van der Waals surface area contributed by atoms with E-state index in [4.69, 9.17) is 9.31 Å². The molecule has 0 aliphatic carbocycles. The fourth-order valence-corrected chi connectivity index (χ4v) is 9.01. The van der Waals surface area contributed by atoms with Crippen LogP contribution in [0.3, 0.4) is 0 Å². The minimum absolute atomic E-state index is 0.351. The Morgan fingerprint density at radius 3 is 1.38 bits per heavy atom. The summed E-state index contributed by atoms with van der Waals surface area (Å²) in [5.41, 5.74) is 0.363. The van der Waals surface area contributed by atoms with Crippen LogP contribution < -0.4 is 21.0 Å². The fraction of sp³-hybridized carbons (Fsp3) is 0.212. The van der Waals surface area contributed by atoms with Gasteiger partial charge in [0.25, 0.3) is 0 Å². The van der Waals surface area contributed by atoms with Gasteiger partial charge in [0, 0.05) is 0 Å². The molecule has 2 nitrogen and oxygen atoms in total. The van der Waals surface area contributed by atoms with Crippen LogP contribution in [-0.4, -0.2) is 26.4 Å². The van der Waals surface area contributed by atoms with E-state index in [9.17, 15) is 0 Å². The topological polar surface area (TPSA) is 18.5 Å². The number of hydrogen-bond acceptors (Lipinski definition) is 2. The summed E-state index contributed by atoms with van der Waals surface area (Å²) in [5, 5.41) is 9.31. The number of rotatable bonds is 4. The molecule has 37 heavy (non-hydrogen) atoms. The smallest absolute Gasteiger partial charge is 0.399 e. The Morgan fingerprint density at radius 2 is 0.919 bits per heavy atom. The van der Waals surface area contributed by atoms with Crippen molar-refractivity contribution >= 4 is 57.8 Å². The molecule has 0 saturated carbocycles. The van der Waals surface area contributed by atoms with Crippen molar-refractivity contribution in [1.82, 2.24) is 0 Å². The van der Waals surface area contributed by atoms with Crippen LogP contribution in [0.1, 0.15) is 27.7 Å². The zero-order valence-electron chi connectivity index (χ0n) is 22.3. The summed E-state index contributed by atoms with van der Waals surface area (Å²) in [6.07, 6.45) is 0. The fourth-order valence-electron chi connectivity index (χ4n) is 5.45. The maximum atomic E-state index is 6.33. The van der Waals surface area contributed by atoms with Crippen molar-refractivity contribution in [2.45, 2.75) is 45.4 Å². The summed E-state index contributed by atoms with van der Waals surface area (Å²) >= 11 is 0. The van der Waals surface area contributed by atoms with Crippen molar-refractivity contribution in [2.75, 3.05) is 0 Å². The lowest BCUT2D eigenvalue weighted by Crippen LogP contribution is -2.65. The number of hydrogen-bond donors (Lipinski definition) is 0. The molecule has 0 amide bonds. The minimum atomic E-state index is -2.31. The predicted octanol–water partition coefficient (Wildman–Crippen LogP) is 5.39. The Labute approximate surface area is 221 Å². The van der Waals surface area contributed by atoms with Crippen molar-refractivity contribution in [1.29, 1.82) is 0 Å². The van der Waals surface area contributed by atoms with E-state index >= 15 is 0 Å². The molecular formula is C33H33BO2Si. The zero-order chi connectivity index (χ0) is 25.8.